The van der Waals surface area contributed by atoms with Gasteiger partial charge in [-0.2, -0.15) is 0 Å². The highest BCUT2D eigenvalue weighted by Gasteiger charge is 2.13. The Labute approximate surface area is 95.7 Å². The van der Waals surface area contributed by atoms with Gasteiger partial charge < -0.3 is 14.5 Å². The monoisotopic (exact) mass is 228 g/mol. The highest BCUT2D eigenvalue weighted by molar-refractivity contribution is 5.93. The van der Waals surface area contributed by atoms with Crippen LogP contribution >= 0.6 is 0 Å². The van der Waals surface area contributed by atoms with Crippen molar-refractivity contribution in [2.24, 2.45) is 0 Å². The molecule has 84 valence electrons. The number of imidazole rings is 1. The van der Waals surface area contributed by atoms with Crippen LogP contribution in [0.3, 0.4) is 0 Å². The minimum absolute atomic E-state index is 0.0604. The first-order valence-corrected chi connectivity index (χ1v) is 5.00. The number of nitrogens with zero attached hydrogens (tertiary/aromatic N) is 1. The van der Waals surface area contributed by atoms with E-state index in [0.29, 0.717) is 5.82 Å². The summed E-state index contributed by atoms with van der Waals surface area (Å²) in [6, 6.07) is 7.51. The van der Waals surface area contributed by atoms with Gasteiger partial charge >= 0.3 is 5.97 Å². The molecule has 1 aromatic carbocycles. The zero-order chi connectivity index (χ0) is 11.8. The van der Waals surface area contributed by atoms with E-state index in [0.717, 1.165) is 16.5 Å². The molecule has 3 rings (SSSR count). The molecule has 0 amide bonds. The summed E-state index contributed by atoms with van der Waals surface area (Å²) in [7, 11) is 0. The number of hydrogen-bond acceptors (Lipinski definition) is 3. The van der Waals surface area contributed by atoms with Gasteiger partial charge in [-0.15, -0.1) is 0 Å². The van der Waals surface area contributed by atoms with Crippen LogP contribution in [0.5, 0.6) is 0 Å². The number of furan rings is 1. The lowest BCUT2D eigenvalue weighted by molar-refractivity contribution is 0.0691. The number of carboxylic acid groups (broad SMARTS) is 1. The van der Waals surface area contributed by atoms with E-state index >= 15 is 0 Å². The van der Waals surface area contributed by atoms with Crippen LogP contribution < -0.4 is 0 Å². The maximum atomic E-state index is 10.8. The first kappa shape index (κ1) is 9.65. The summed E-state index contributed by atoms with van der Waals surface area (Å²) in [5.41, 5.74) is 1.56. The van der Waals surface area contributed by atoms with Crippen LogP contribution in [0.2, 0.25) is 0 Å². The van der Waals surface area contributed by atoms with Crippen molar-refractivity contribution in [1.29, 1.82) is 0 Å². The van der Waals surface area contributed by atoms with Crippen molar-refractivity contribution in [3.05, 3.63) is 42.4 Å². The topological polar surface area (TPSA) is 79.1 Å². The number of aromatic carboxylic acids is 1. The number of benzene rings is 1. The zero-order valence-corrected chi connectivity index (χ0v) is 8.68. The summed E-state index contributed by atoms with van der Waals surface area (Å²) in [5, 5.41) is 9.72. The molecule has 2 heterocycles. The number of hydrogen-bond donors (Lipinski definition) is 2. The zero-order valence-electron chi connectivity index (χ0n) is 8.68. The van der Waals surface area contributed by atoms with E-state index in [4.69, 9.17) is 9.52 Å². The molecule has 0 unspecified atom stereocenters. The molecule has 0 spiro atoms. The number of nitrogens with one attached hydrogen (secondary N) is 1. The van der Waals surface area contributed by atoms with Crippen molar-refractivity contribution in [2.75, 3.05) is 0 Å². The predicted octanol–water partition coefficient (Wildman–Crippen LogP) is 2.52. The van der Waals surface area contributed by atoms with E-state index in [9.17, 15) is 4.79 Å². The van der Waals surface area contributed by atoms with Crippen molar-refractivity contribution in [1.82, 2.24) is 9.97 Å². The molecule has 0 aliphatic heterocycles. The molecule has 0 bridgehead atoms. The molecule has 0 radical (unpaired) electrons. The Kier molecular flexibility index (Phi) is 1.98. The number of aromatic amines is 1. The number of carboxylic acids is 1. The van der Waals surface area contributed by atoms with E-state index in [-0.39, 0.29) is 5.69 Å². The lowest BCUT2D eigenvalue weighted by Crippen LogP contribution is -1.95. The third kappa shape index (κ3) is 1.48. The Morgan fingerprint density at radius 1 is 1.35 bits per heavy atom. The predicted molar refractivity (Wildman–Crippen MR) is 60.8 cm³/mol. The second-order valence-electron chi connectivity index (χ2n) is 3.60. The van der Waals surface area contributed by atoms with Crippen molar-refractivity contribution in [3.63, 3.8) is 0 Å². The van der Waals surface area contributed by atoms with Gasteiger partial charge in [0.25, 0.3) is 0 Å². The fraction of sp³-hybridized carbons (Fsp3) is 0. The molecule has 0 aliphatic rings. The normalized spacial score (nSPS) is 10.8. The lowest BCUT2D eigenvalue weighted by Gasteiger charge is -1.92. The molecule has 0 saturated carbocycles. The van der Waals surface area contributed by atoms with E-state index < -0.39 is 5.97 Å². The van der Waals surface area contributed by atoms with Crippen molar-refractivity contribution in [3.8, 4) is 11.4 Å². The molecule has 2 N–H and O–H groups in total. The average molecular weight is 228 g/mol. The first-order valence-electron chi connectivity index (χ1n) is 5.00. The average Bonchev–Trinajstić information content (AvgIpc) is 2.95. The molecule has 0 fully saturated rings. The first-order chi connectivity index (χ1) is 8.25. The maximum Gasteiger partial charge on any atom is 0.353 e. The van der Waals surface area contributed by atoms with Gasteiger partial charge in [-0.1, -0.05) is 18.2 Å². The second-order valence-corrected chi connectivity index (χ2v) is 3.60. The second kappa shape index (κ2) is 3.48. The number of fused-ring (bicyclic) bond motifs is 1. The summed E-state index contributed by atoms with van der Waals surface area (Å²) >= 11 is 0. The molecule has 0 aliphatic carbocycles. The quantitative estimate of drug-likeness (QED) is 0.706. The molecule has 17 heavy (non-hydrogen) atoms. The van der Waals surface area contributed by atoms with Gasteiger partial charge in [0.15, 0.2) is 0 Å². The highest BCUT2D eigenvalue weighted by Crippen LogP contribution is 2.28. The lowest BCUT2D eigenvalue weighted by atomic mass is 10.2. The van der Waals surface area contributed by atoms with Crippen LogP contribution in [0, 0.1) is 0 Å². The van der Waals surface area contributed by atoms with Crippen LogP contribution in [-0.2, 0) is 0 Å². The van der Waals surface area contributed by atoms with Gasteiger partial charge in [0.2, 0.25) is 0 Å². The van der Waals surface area contributed by atoms with Gasteiger partial charge in [0.1, 0.15) is 23.4 Å². The Morgan fingerprint density at radius 3 is 2.94 bits per heavy atom. The van der Waals surface area contributed by atoms with Crippen LogP contribution in [0.15, 0.2) is 41.1 Å². The third-order valence-corrected chi connectivity index (χ3v) is 2.54. The SMILES string of the molecule is O=C(O)c1cnc(-c2coc3ccccc23)[nH]1. The van der Waals surface area contributed by atoms with Gasteiger partial charge in [0.05, 0.1) is 11.8 Å². The largest absolute Gasteiger partial charge is 0.477 e. The number of rotatable bonds is 2. The molecule has 5 nitrogen and oxygen atoms in total. The molecule has 0 saturated heterocycles. The molecule has 3 aromatic rings. The Balaban J connectivity index is 2.17. The van der Waals surface area contributed by atoms with Crippen LogP contribution in [-0.4, -0.2) is 21.0 Å². The van der Waals surface area contributed by atoms with Crippen LogP contribution in [0.25, 0.3) is 22.4 Å². The molecular weight excluding hydrogens is 220 g/mol. The van der Waals surface area contributed by atoms with Gasteiger partial charge in [0, 0.05) is 5.39 Å². The smallest absolute Gasteiger partial charge is 0.353 e. The Morgan fingerprint density at radius 2 is 2.18 bits per heavy atom. The maximum absolute atomic E-state index is 10.8. The van der Waals surface area contributed by atoms with E-state index in [1.807, 2.05) is 24.3 Å². The Hall–Kier alpha value is -2.56. The molecule has 5 heteroatoms. The van der Waals surface area contributed by atoms with Crippen LogP contribution in [0.4, 0.5) is 0 Å². The minimum atomic E-state index is -1.03. The van der Waals surface area contributed by atoms with Crippen LogP contribution in [0.1, 0.15) is 10.5 Å². The van der Waals surface area contributed by atoms with Gasteiger partial charge in [-0.05, 0) is 6.07 Å². The summed E-state index contributed by atoms with van der Waals surface area (Å²) in [6.45, 7) is 0. The van der Waals surface area contributed by atoms with E-state index in [2.05, 4.69) is 9.97 Å². The molecule has 0 atom stereocenters. The third-order valence-electron chi connectivity index (χ3n) is 2.54. The summed E-state index contributed by atoms with van der Waals surface area (Å²) in [4.78, 5) is 17.5. The molecular formula is C12H8N2O3. The van der Waals surface area contributed by atoms with Crippen molar-refractivity contribution >= 4 is 16.9 Å². The van der Waals surface area contributed by atoms with Crippen molar-refractivity contribution < 1.29 is 14.3 Å². The fourth-order valence-corrected chi connectivity index (χ4v) is 1.73. The number of carbonyl (C=O) groups is 1. The number of aromatic nitrogens is 2. The highest BCUT2D eigenvalue weighted by atomic mass is 16.4. The summed E-state index contributed by atoms with van der Waals surface area (Å²) < 4.78 is 5.37. The summed E-state index contributed by atoms with van der Waals surface area (Å²) in [6.07, 6.45) is 2.86. The number of para-hydroxylation sites is 1. The molecule has 2 aromatic heterocycles. The van der Waals surface area contributed by atoms with Gasteiger partial charge in [-0.25, -0.2) is 9.78 Å². The van der Waals surface area contributed by atoms with E-state index in [1.165, 1.54) is 6.20 Å². The van der Waals surface area contributed by atoms with Crippen molar-refractivity contribution in [2.45, 2.75) is 0 Å². The minimum Gasteiger partial charge on any atom is -0.477 e. The van der Waals surface area contributed by atoms with Gasteiger partial charge in [-0.3, -0.25) is 0 Å². The Bertz CT molecular complexity index is 696. The summed E-state index contributed by atoms with van der Waals surface area (Å²) in [5.74, 6) is -0.538. The van der Waals surface area contributed by atoms with E-state index in [1.54, 1.807) is 6.26 Å². The number of H-pyrrole nitrogens is 1. The standard InChI is InChI=1S/C12H8N2O3/c15-12(16)9-5-13-11(14-9)8-6-17-10-4-2-1-3-7(8)10/h1-6H,(H,13,14)(H,15,16). The fourth-order valence-electron chi connectivity index (χ4n) is 1.73.